The van der Waals surface area contributed by atoms with Crippen LogP contribution >= 0.6 is 23.1 Å². The molecule has 0 amide bonds. The van der Waals surface area contributed by atoms with E-state index in [1.54, 1.807) is 16.7 Å². The molecule has 0 radical (unpaired) electrons. The molecule has 0 aliphatic carbocycles. The summed E-state index contributed by atoms with van der Waals surface area (Å²) in [6.45, 7) is 6.33. The monoisotopic (exact) mass is 374 g/mol. The predicted octanol–water partition coefficient (Wildman–Crippen LogP) is 3.78. The second kappa shape index (κ2) is 7.01. The van der Waals surface area contributed by atoms with Gasteiger partial charge in [0.1, 0.15) is 10.6 Å². The Hall–Kier alpha value is -2.12. The lowest BCUT2D eigenvalue weighted by molar-refractivity contribution is 0.102. The number of fused-ring (bicyclic) bond motifs is 1. The number of aromatic hydroxyl groups is 1. The number of aryl methyl sites for hydroxylation is 2. The van der Waals surface area contributed by atoms with Crippen LogP contribution in [0.2, 0.25) is 0 Å². The fraction of sp³-hybridized carbons (Fsp3) is 0.278. The summed E-state index contributed by atoms with van der Waals surface area (Å²) in [5.74, 6) is 0.242. The molecule has 2 heterocycles. The van der Waals surface area contributed by atoms with Gasteiger partial charge in [-0.15, -0.1) is 11.3 Å². The maximum Gasteiger partial charge on any atom is 0.263 e. The van der Waals surface area contributed by atoms with Crippen molar-refractivity contribution < 1.29 is 9.90 Å². The molecule has 0 saturated carbocycles. The van der Waals surface area contributed by atoms with E-state index >= 15 is 0 Å². The second-order valence-electron chi connectivity index (χ2n) is 5.67. The highest BCUT2D eigenvalue weighted by atomic mass is 32.2. The Kier molecular flexibility index (Phi) is 4.96. The summed E-state index contributed by atoms with van der Waals surface area (Å²) in [7, 11) is 0. The van der Waals surface area contributed by atoms with Crippen LogP contribution in [0.4, 0.5) is 0 Å². The number of nitrogens with zero attached hydrogens (tertiary/aromatic N) is 2. The maximum absolute atomic E-state index is 12.8. The van der Waals surface area contributed by atoms with Crippen LogP contribution in [0.25, 0.3) is 10.2 Å². The SMILES string of the molecule is CCn1c(SCC(=O)c2ccc(O)cc2)nc2sc(C)c(C)c2c1=O. The number of carbonyl (C=O) groups excluding carboxylic acids is 1. The molecular weight excluding hydrogens is 356 g/mol. The molecule has 130 valence electrons. The smallest absolute Gasteiger partial charge is 0.263 e. The zero-order valence-electron chi connectivity index (χ0n) is 14.2. The van der Waals surface area contributed by atoms with Gasteiger partial charge in [-0.3, -0.25) is 14.2 Å². The molecule has 0 bridgehead atoms. The molecule has 0 unspecified atom stereocenters. The normalized spacial score (nSPS) is 11.2. The lowest BCUT2D eigenvalue weighted by Crippen LogP contribution is -2.22. The Morgan fingerprint density at radius 2 is 1.96 bits per heavy atom. The summed E-state index contributed by atoms with van der Waals surface area (Å²) in [6, 6.07) is 6.16. The third-order valence-corrected chi connectivity index (χ3v) is 6.17. The standard InChI is InChI=1S/C18H18N2O3S2/c1-4-20-17(23)15-10(2)11(3)25-16(15)19-18(20)24-9-14(22)12-5-7-13(21)8-6-12/h5-8,21H,4,9H2,1-3H3. The predicted molar refractivity (Wildman–Crippen MR) is 102 cm³/mol. The maximum atomic E-state index is 12.8. The number of ketones is 1. The molecule has 1 N–H and O–H groups in total. The number of hydrogen-bond acceptors (Lipinski definition) is 6. The number of rotatable bonds is 5. The van der Waals surface area contributed by atoms with Crippen molar-refractivity contribution in [2.45, 2.75) is 32.5 Å². The van der Waals surface area contributed by atoms with Crippen molar-refractivity contribution in [2.24, 2.45) is 0 Å². The summed E-state index contributed by atoms with van der Waals surface area (Å²) < 4.78 is 1.62. The van der Waals surface area contributed by atoms with Gasteiger partial charge >= 0.3 is 0 Å². The van der Waals surface area contributed by atoms with Crippen LogP contribution in [-0.4, -0.2) is 26.2 Å². The highest BCUT2D eigenvalue weighted by Crippen LogP contribution is 2.28. The largest absolute Gasteiger partial charge is 0.508 e. The van der Waals surface area contributed by atoms with Gasteiger partial charge in [0, 0.05) is 17.0 Å². The summed E-state index contributed by atoms with van der Waals surface area (Å²) in [4.78, 5) is 31.5. The fourth-order valence-corrected chi connectivity index (χ4v) is 4.59. The van der Waals surface area contributed by atoms with E-state index in [0.717, 1.165) is 15.3 Å². The lowest BCUT2D eigenvalue weighted by atomic mass is 10.1. The van der Waals surface area contributed by atoms with Crippen molar-refractivity contribution in [1.29, 1.82) is 0 Å². The first-order valence-electron chi connectivity index (χ1n) is 7.88. The molecule has 0 aliphatic rings. The van der Waals surface area contributed by atoms with E-state index in [1.165, 1.54) is 35.2 Å². The van der Waals surface area contributed by atoms with Crippen LogP contribution in [-0.2, 0) is 6.54 Å². The van der Waals surface area contributed by atoms with Crippen LogP contribution in [0.1, 0.15) is 27.7 Å². The van der Waals surface area contributed by atoms with Gasteiger partial charge in [-0.1, -0.05) is 11.8 Å². The molecule has 0 spiro atoms. The number of hydrogen-bond donors (Lipinski definition) is 1. The van der Waals surface area contributed by atoms with Gasteiger partial charge in [0.25, 0.3) is 5.56 Å². The van der Waals surface area contributed by atoms with Crippen molar-refractivity contribution in [2.75, 3.05) is 5.75 Å². The zero-order valence-corrected chi connectivity index (χ0v) is 15.8. The van der Waals surface area contributed by atoms with E-state index < -0.39 is 0 Å². The number of carbonyl (C=O) groups is 1. The van der Waals surface area contributed by atoms with Gasteiger partial charge < -0.3 is 5.11 Å². The van der Waals surface area contributed by atoms with E-state index in [2.05, 4.69) is 4.98 Å². The quantitative estimate of drug-likeness (QED) is 0.418. The van der Waals surface area contributed by atoms with Crippen LogP contribution in [0.5, 0.6) is 5.75 Å². The van der Waals surface area contributed by atoms with E-state index in [4.69, 9.17) is 0 Å². The Bertz CT molecular complexity index is 1000. The summed E-state index contributed by atoms with van der Waals surface area (Å²) >= 11 is 2.78. The van der Waals surface area contributed by atoms with E-state index in [-0.39, 0.29) is 22.8 Å². The average molecular weight is 374 g/mol. The number of thioether (sulfide) groups is 1. The van der Waals surface area contributed by atoms with Crippen LogP contribution in [0.15, 0.2) is 34.2 Å². The van der Waals surface area contributed by atoms with Crippen molar-refractivity contribution in [3.05, 3.63) is 50.6 Å². The molecule has 3 rings (SSSR count). The number of benzene rings is 1. The van der Waals surface area contributed by atoms with Crippen LogP contribution < -0.4 is 5.56 Å². The number of phenolic OH excluding ortho intramolecular Hbond substituents is 1. The van der Waals surface area contributed by atoms with Gasteiger partial charge in [-0.25, -0.2) is 4.98 Å². The second-order valence-corrected chi connectivity index (χ2v) is 7.81. The molecular formula is C18H18N2O3S2. The molecule has 0 aliphatic heterocycles. The Morgan fingerprint density at radius 3 is 2.60 bits per heavy atom. The van der Waals surface area contributed by atoms with Gasteiger partial charge in [0.05, 0.1) is 11.1 Å². The Morgan fingerprint density at radius 1 is 1.28 bits per heavy atom. The minimum Gasteiger partial charge on any atom is -0.508 e. The first-order chi connectivity index (χ1) is 11.9. The molecule has 5 nitrogen and oxygen atoms in total. The molecule has 2 aromatic heterocycles. The molecule has 3 aromatic rings. The van der Waals surface area contributed by atoms with Crippen molar-refractivity contribution in [3.8, 4) is 5.75 Å². The number of aromatic nitrogens is 2. The van der Waals surface area contributed by atoms with E-state index in [1.807, 2.05) is 20.8 Å². The average Bonchev–Trinajstić information content (AvgIpc) is 2.88. The lowest BCUT2D eigenvalue weighted by Gasteiger charge is -2.09. The molecule has 25 heavy (non-hydrogen) atoms. The highest BCUT2D eigenvalue weighted by molar-refractivity contribution is 7.99. The fourth-order valence-electron chi connectivity index (χ4n) is 2.56. The first kappa shape index (κ1) is 17.7. The molecule has 1 aromatic carbocycles. The minimum atomic E-state index is -0.0689. The topological polar surface area (TPSA) is 72.2 Å². The number of Topliss-reactive ketones (excluding diaryl/α,β-unsaturated/α-hetero) is 1. The third-order valence-electron chi connectivity index (χ3n) is 4.09. The van der Waals surface area contributed by atoms with Crippen molar-refractivity contribution >= 4 is 39.1 Å². The molecule has 0 fully saturated rings. The molecule has 7 heteroatoms. The molecule has 0 atom stereocenters. The first-order valence-corrected chi connectivity index (χ1v) is 9.68. The Labute approximate surface area is 153 Å². The summed E-state index contributed by atoms with van der Waals surface area (Å²) in [5.41, 5.74) is 1.46. The third kappa shape index (κ3) is 3.34. The van der Waals surface area contributed by atoms with E-state index in [0.29, 0.717) is 22.7 Å². The minimum absolute atomic E-state index is 0.0473. The Balaban J connectivity index is 1.92. The summed E-state index contributed by atoms with van der Waals surface area (Å²) in [6.07, 6.45) is 0. The molecule has 0 saturated heterocycles. The zero-order chi connectivity index (χ0) is 18.1. The van der Waals surface area contributed by atoms with Gasteiger partial charge in [0.15, 0.2) is 10.9 Å². The van der Waals surface area contributed by atoms with Gasteiger partial charge in [0.2, 0.25) is 0 Å². The summed E-state index contributed by atoms with van der Waals surface area (Å²) in [5, 5.41) is 10.5. The van der Waals surface area contributed by atoms with Crippen molar-refractivity contribution in [3.63, 3.8) is 0 Å². The van der Waals surface area contributed by atoms with E-state index in [9.17, 15) is 14.7 Å². The van der Waals surface area contributed by atoms with Crippen LogP contribution in [0, 0.1) is 13.8 Å². The van der Waals surface area contributed by atoms with Gasteiger partial charge in [-0.2, -0.15) is 0 Å². The van der Waals surface area contributed by atoms with Crippen molar-refractivity contribution in [1.82, 2.24) is 9.55 Å². The van der Waals surface area contributed by atoms with Gasteiger partial charge in [-0.05, 0) is 50.6 Å². The number of phenols is 1. The van der Waals surface area contributed by atoms with Crippen LogP contribution in [0.3, 0.4) is 0 Å². The highest BCUT2D eigenvalue weighted by Gasteiger charge is 2.17. The number of thiophene rings is 1.